The quantitative estimate of drug-likeness (QED) is 0.652. The summed E-state index contributed by atoms with van der Waals surface area (Å²) in [6.07, 6.45) is 4.69. The zero-order chi connectivity index (χ0) is 13.7. The van der Waals surface area contributed by atoms with Gasteiger partial charge in [-0.1, -0.05) is 50.9 Å². The molecule has 2 unspecified atom stereocenters. The minimum absolute atomic E-state index is 0.595. The van der Waals surface area contributed by atoms with Crippen molar-refractivity contribution >= 4 is 42.9 Å². The molecule has 0 aliphatic heterocycles. The Hall–Kier alpha value is -0.420. The van der Waals surface area contributed by atoms with Gasteiger partial charge in [-0.3, -0.25) is 0 Å². The van der Waals surface area contributed by atoms with Crippen LogP contribution in [0.25, 0.3) is 11.0 Å². The first kappa shape index (κ1) is 15.0. The number of nitrogens with zero attached hydrogens (tertiary/aromatic N) is 3. The summed E-state index contributed by atoms with van der Waals surface area (Å²) in [5, 5.41) is 8.93. The van der Waals surface area contributed by atoms with E-state index in [2.05, 4.69) is 49.0 Å². The molecule has 1 aromatic carbocycles. The molecule has 0 spiro atoms. The maximum absolute atomic E-state index is 4.47. The second-order valence-electron chi connectivity index (χ2n) is 4.88. The number of alkyl halides is 2. The number of halogens is 2. The number of aryl methyl sites for hydroxylation is 1. The molecule has 1 aromatic heterocycles. The van der Waals surface area contributed by atoms with Crippen LogP contribution in [0.4, 0.5) is 0 Å². The number of hydrogen-bond donors (Lipinski definition) is 0. The average molecular weight is 389 g/mol. The van der Waals surface area contributed by atoms with Crippen LogP contribution in [0.1, 0.15) is 32.6 Å². The van der Waals surface area contributed by atoms with Gasteiger partial charge in [-0.05, 0) is 37.8 Å². The summed E-state index contributed by atoms with van der Waals surface area (Å²) >= 11 is 7.33. The fraction of sp³-hybridized carbons (Fsp3) is 0.571. The smallest absolute Gasteiger partial charge is 0.113 e. The Bertz CT molecular complexity index is 477. The van der Waals surface area contributed by atoms with E-state index >= 15 is 0 Å². The van der Waals surface area contributed by atoms with E-state index in [0.29, 0.717) is 9.65 Å². The standard InChI is InChI=1S/C14H19Br2N3/c1-11(15)8-9-12(16)5-4-10-19-17-13-6-2-3-7-14(13)18-19/h2-3,6-7,11-12H,4-5,8-10H2,1H3. The number of rotatable bonds is 7. The van der Waals surface area contributed by atoms with Crippen molar-refractivity contribution in [1.29, 1.82) is 0 Å². The molecule has 0 aliphatic carbocycles. The molecule has 3 nitrogen and oxygen atoms in total. The van der Waals surface area contributed by atoms with E-state index in [0.717, 1.165) is 30.4 Å². The van der Waals surface area contributed by atoms with Crippen LogP contribution in [-0.2, 0) is 6.54 Å². The molecule has 104 valence electrons. The minimum atomic E-state index is 0.595. The van der Waals surface area contributed by atoms with Gasteiger partial charge in [0.1, 0.15) is 11.0 Å². The molecule has 0 saturated heterocycles. The van der Waals surface area contributed by atoms with Crippen molar-refractivity contribution in [2.45, 2.75) is 48.8 Å². The summed E-state index contributed by atoms with van der Waals surface area (Å²) in [6, 6.07) is 8.00. The summed E-state index contributed by atoms with van der Waals surface area (Å²) in [6.45, 7) is 3.08. The molecule has 1 heterocycles. The molecule has 0 N–H and O–H groups in total. The molecular formula is C14H19Br2N3. The van der Waals surface area contributed by atoms with E-state index in [9.17, 15) is 0 Å². The Morgan fingerprint density at radius 3 is 2.26 bits per heavy atom. The average Bonchev–Trinajstić information content (AvgIpc) is 2.79. The van der Waals surface area contributed by atoms with Crippen LogP contribution in [0, 0.1) is 0 Å². The van der Waals surface area contributed by atoms with Gasteiger partial charge >= 0.3 is 0 Å². The second kappa shape index (κ2) is 7.39. The van der Waals surface area contributed by atoms with E-state index in [1.165, 1.54) is 12.8 Å². The Kier molecular flexibility index (Phi) is 5.82. The van der Waals surface area contributed by atoms with E-state index in [1.807, 2.05) is 29.1 Å². The lowest BCUT2D eigenvalue weighted by atomic mass is 10.1. The van der Waals surface area contributed by atoms with Crippen LogP contribution < -0.4 is 0 Å². The molecular weight excluding hydrogens is 370 g/mol. The van der Waals surface area contributed by atoms with Crippen molar-refractivity contribution in [3.05, 3.63) is 24.3 Å². The van der Waals surface area contributed by atoms with E-state index in [-0.39, 0.29) is 0 Å². The highest BCUT2D eigenvalue weighted by Gasteiger charge is 2.07. The topological polar surface area (TPSA) is 30.7 Å². The summed E-state index contributed by atoms with van der Waals surface area (Å²) in [7, 11) is 0. The van der Waals surface area contributed by atoms with Crippen molar-refractivity contribution in [2.24, 2.45) is 0 Å². The molecule has 0 radical (unpaired) electrons. The molecule has 2 aromatic rings. The van der Waals surface area contributed by atoms with Gasteiger partial charge in [0, 0.05) is 9.65 Å². The summed E-state index contributed by atoms with van der Waals surface area (Å²) in [4.78, 5) is 3.01. The maximum atomic E-state index is 4.47. The van der Waals surface area contributed by atoms with Gasteiger partial charge in [0.05, 0.1) is 6.54 Å². The van der Waals surface area contributed by atoms with Gasteiger partial charge < -0.3 is 0 Å². The van der Waals surface area contributed by atoms with E-state index in [4.69, 9.17) is 0 Å². The largest absolute Gasteiger partial charge is 0.184 e. The zero-order valence-corrected chi connectivity index (χ0v) is 14.3. The van der Waals surface area contributed by atoms with Crippen LogP contribution in [0.2, 0.25) is 0 Å². The van der Waals surface area contributed by atoms with Gasteiger partial charge in [0.15, 0.2) is 0 Å². The van der Waals surface area contributed by atoms with Crippen LogP contribution in [0.5, 0.6) is 0 Å². The molecule has 0 bridgehead atoms. The van der Waals surface area contributed by atoms with Gasteiger partial charge in [-0.25, -0.2) is 0 Å². The molecule has 19 heavy (non-hydrogen) atoms. The highest BCUT2D eigenvalue weighted by molar-refractivity contribution is 9.09. The first-order chi connectivity index (χ1) is 9.15. The van der Waals surface area contributed by atoms with Crippen molar-refractivity contribution < 1.29 is 0 Å². The molecule has 0 saturated carbocycles. The highest BCUT2D eigenvalue weighted by atomic mass is 79.9. The lowest BCUT2D eigenvalue weighted by molar-refractivity contribution is 0.495. The minimum Gasteiger partial charge on any atom is -0.184 e. The lowest BCUT2D eigenvalue weighted by Gasteiger charge is -2.10. The predicted octanol–water partition coefficient (Wildman–Crippen LogP) is 4.54. The monoisotopic (exact) mass is 387 g/mol. The van der Waals surface area contributed by atoms with E-state index < -0.39 is 0 Å². The zero-order valence-electron chi connectivity index (χ0n) is 11.1. The normalized spacial score (nSPS) is 14.7. The Morgan fingerprint density at radius 2 is 1.68 bits per heavy atom. The second-order valence-corrected chi connectivity index (χ2v) is 7.74. The van der Waals surface area contributed by atoms with E-state index in [1.54, 1.807) is 0 Å². The molecule has 0 fully saturated rings. The molecule has 5 heteroatoms. The Morgan fingerprint density at radius 1 is 1.05 bits per heavy atom. The number of aromatic nitrogens is 3. The van der Waals surface area contributed by atoms with Gasteiger partial charge in [-0.15, -0.1) is 0 Å². The predicted molar refractivity (Wildman–Crippen MR) is 87.1 cm³/mol. The first-order valence-corrected chi connectivity index (χ1v) is 8.56. The van der Waals surface area contributed by atoms with Crippen LogP contribution in [-0.4, -0.2) is 24.6 Å². The molecule has 0 amide bonds. The van der Waals surface area contributed by atoms with Gasteiger partial charge in [-0.2, -0.15) is 15.0 Å². The van der Waals surface area contributed by atoms with Gasteiger partial charge in [0.2, 0.25) is 0 Å². The van der Waals surface area contributed by atoms with Crippen molar-refractivity contribution in [3.8, 4) is 0 Å². The van der Waals surface area contributed by atoms with Crippen molar-refractivity contribution in [3.63, 3.8) is 0 Å². The Labute approximate surface area is 131 Å². The highest BCUT2D eigenvalue weighted by Crippen LogP contribution is 2.18. The maximum Gasteiger partial charge on any atom is 0.113 e. The van der Waals surface area contributed by atoms with Crippen molar-refractivity contribution in [1.82, 2.24) is 15.0 Å². The fourth-order valence-corrected chi connectivity index (χ4v) is 2.87. The molecule has 0 aliphatic rings. The SMILES string of the molecule is CC(Br)CCC(Br)CCCn1nc2ccccc2n1. The molecule has 2 atom stereocenters. The lowest BCUT2D eigenvalue weighted by Crippen LogP contribution is -2.06. The Balaban J connectivity index is 1.76. The van der Waals surface area contributed by atoms with Crippen molar-refractivity contribution in [2.75, 3.05) is 0 Å². The third-order valence-corrected chi connectivity index (χ3v) is 4.45. The number of fused-ring (bicyclic) bond motifs is 1. The van der Waals surface area contributed by atoms with Crippen LogP contribution in [0.3, 0.4) is 0 Å². The summed E-state index contributed by atoms with van der Waals surface area (Å²) in [5.74, 6) is 0. The third kappa shape index (κ3) is 4.88. The summed E-state index contributed by atoms with van der Waals surface area (Å²) < 4.78 is 0. The summed E-state index contributed by atoms with van der Waals surface area (Å²) in [5.41, 5.74) is 1.96. The fourth-order valence-electron chi connectivity index (χ4n) is 2.01. The van der Waals surface area contributed by atoms with Crippen LogP contribution in [0.15, 0.2) is 24.3 Å². The number of hydrogen-bond acceptors (Lipinski definition) is 2. The third-order valence-electron chi connectivity index (χ3n) is 3.08. The van der Waals surface area contributed by atoms with Crippen LogP contribution >= 0.6 is 31.9 Å². The first-order valence-electron chi connectivity index (χ1n) is 6.73. The van der Waals surface area contributed by atoms with Gasteiger partial charge in [0.25, 0.3) is 0 Å². The number of benzene rings is 1. The molecule has 2 rings (SSSR count).